The van der Waals surface area contributed by atoms with Gasteiger partial charge in [0.1, 0.15) is 5.60 Å². The topological polar surface area (TPSA) is 38.3 Å². The van der Waals surface area contributed by atoms with E-state index in [-0.39, 0.29) is 5.91 Å². The SMILES string of the molecule is CC1(C(=O)Nc2ccccc2CBr)CCCO1. The van der Waals surface area contributed by atoms with Gasteiger partial charge in [-0.25, -0.2) is 0 Å². The molecule has 1 amide bonds. The zero-order valence-electron chi connectivity index (χ0n) is 9.83. The predicted octanol–water partition coefficient (Wildman–Crippen LogP) is 3.09. The van der Waals surface area contributed by atoms with Crippen LogP contribution >= 0.6 is 15.9 Å². The van der Waals surface area contributed by atoms with Crippen LogP contribution in [-0.4, -0.2) is 18.1 Å². The van der Waals surface area contributed by atoms with Gasteiger partial charge in [-0.15, -0.1) is 0 Å². The Hall–Kier alpha value is -0.870. The summed E-state index contributed by atoms with van der Waals surface area (Å²) < 4.78 is 5.52. The lowest BCUT2D eigenvalue weighted by Crippen LogP contribution is -2.39. The van der Waals surface area contributed by atoms with Crippen molar-refractivity contribution in [3.8, 4) is 0 Å². The fraction of sp³-hybridized carbons (Fsp3) is 0.462. The Labute approximate surface area is 110 Å². The van der Waals surface area contributed by atoms with E-state index in [1.165, 1.54) is 0 Å². The maximum atomic E-state index is 12.2. The lowest BCUT2D eigenvalue weighted by Gasteiger charge is -2.22. The highest BCUT2D eigenvalue weighted by atomic mass is 79.9. The van der Waals surface area contributed by atoms with E-state index in [1.807, 2.05) is 31.2 Å². The number of hydrogen-bond donors (Lipinski definition) is 1. The first-order valence-electron chi connectivity index (χ1n) is 5.75. The maximum Gasteiger partial charge on any atom is 0.256 e. The lowest BCUT2D eigenvalue weighted by atomic mass is 10.0. The second-order valence-corrected chi connectivity index (χ2v) is 4.99. The molecule has 1 aromatic carbocycles. The normalized spacial score (nSPS) is 23.6. The van der Waals surface area contributed by atoms with Crippen LogP contribution < -0.4 is 5.32 Å². The van der Waals surface area contributed by atoms with Crippen molar-refractivity contribution in [2.75, 3.05) is 11.9 Å². The molecule has 1 aromatic rings. The summed E-state index contributed by atoms with van der Waals surface area (Å²) in [6.07, 6.45) is 1.74. The summed E-state index contributed by atoms with van der Waals surface area (Å²) in [5, 5.41) is 3.67. The van der Waals surface area contributed by atoms with Crippen LogP contribution in [0.2, 0.25) is 0 Å². The largest absolute Gasteiger partial charge is 0.365 e. The molecule has 1 aliphatic rings. The number of nitrogens with one attached hydrogen (secondary N) is 1. The van der Waals surface area contributed by atoms with Crippen molar-refractivity contribution in [2.45, 2.75) is 30.7 Å². The highest BCUT2D eigenvalue weighted by Crippen LogP contribution is 2.27. The van der Waals surface area contributed by atoms with Crippen molar-refractivity contribution in [3.05, 3.63) is 29.8 Å². The summed E-state index contributed by atoms with van der Waals surface area (Å²) in [5.74, 6) is -0.0524. The molecule has 1 fully saturated rings. The second-order valence-electron chi connectivity index (χ2n) is 4.43. The first kappa shape index (κ1) is 12.6. The Morgan fingerprint density at radius 3 is 2.94 bits per heavy atom. The standard InChI is InChI=1S/C13H16BrNO2/c1-13(7-4-8-17-13)12(16)15-11-6-3-2-5-10(11)9-14/h2-3,5-6H,4,7-9H2,1H3,(H,15,16). The number of carbonyl (C=O) groups excluding carboxylic acids is 1. The molecule has 1 N–H and O–H groups in total. The van der Waals surface area contributed by atoms with E-state index in [1.54, 1.807) is 0 Å². The molecule has 2 rings (SSSR count). The number of rotatable bonds is 3. The first-order valence-corrected chi connectivity index (χ1v) is 6.87. The molecule has 1 aliphatic heterocycles. The van der Waals surface area contributed by atoms with E-state index >= 15 is 0 Å². The highest BCUT2D eigenvalue weighted by Gasteiger charge is 2.37. The number of ether oxygens (including phenoxy) is 1. The van der Waals surface area contributed by atoms with Gasteiger partial charge in [-0.3, -0.25) is 4.79 Å². The Bertz CT molecular complexity index is 414. The van der Waals surface area contributed by atoms with Gasteiger partial charge in [-0.05, 0) is 31.4 Å². The fourth-order valence-corrected chi connectivity index (χ4v) is 2.46. The smallest absolute Gasteiger partial charge is 0.256 e. The summed E-state index contributed by atoms with van der Waals surface area (Å²) in [4.78, 5) is 12.2. The van der Waals surface area contributed by atoms with E-state index in [2.05, 4.69) is 21.2 Å². The highest BCUT2D eigenvalue weighted by molar-refractivity contribution is 9.08. The van der Waals surface area contributed by atoms with Crippen LogP contribution in [0.1, 0.15) is 25.3 Å². The molecule has 1 atom stereocenters. The minimum Gasteiger partial charge on any atom is -0.365 e. The molecule has 0 aliphatic carbocycles. The number of benzene rings is 1. The van der Waals surface area contributed by atoms with Crippen LogP contribution in [0.5, 0.6) is 0 Å². The number of hydrogen-bond acceptors (Lipinski definition) is 2. The van der Waals surface area contributed by atoms with Crippen LogP contribution in [0, 0.1) is 0 Å². The quantitative estimate of drug-likeness (QED) is 0.871. The molecule has 4 heteroatoms. The van der Waals surface area contributed by atoms with Gasteiger partial charge >= 0.3 is 0 Å². The molecule has 0 saturated carbocycles. The number of anilines is 1. The average molecular weight is 298 g/mol. The molecular weight excluding hydrogens is 282 g/mol. The zero-order valence-corrected chi connectivity index (χ0v) is 11.4. The van der Waals surface area contributed by atoms with Crippen LogP contribution in [0.25, 0.3) is 0 Å². The van der Waals surface area contributed by atoms with Gasteiger partial charge < -0.3 is 10.1 Å². The summed E-state index contributed by atoms with van der Waals surface area (Å²) in [6, 6.07) is 7.77. The van der Waals surface area contributed by atoms with E-state index in [0.29, 0.717) is 6.61 Å². The molecule has 1 unspecified atom stereocenters. The van der Waals surface area contributed by atoms with Crippen molar-refractivity contribution in [2.24, 2.45) is 0 Å². The van der Waals surface area contributed by atoms with Gasteiger partial charge in [0.15, 0.2) is 0 Å². The molecule has 0 aromatic heterocycles. The van der Waals surface area contributed by atoms with Crippen LogP contribution in [-0.2, 0) is 14.9 Å². The van der Waals surface area contributed by atoms with Crippen LogP contribution in [0.4, 0.5) is 5.69 Å². The minimum absolute atomic E-state index is 0.0524. The van der Waals surface area contributed by atoms with Crippen molar-refractivity contribution >= 4 is 27.5 Å². The van der Waals surface area contributed by atoms with Gasteiger partial charge in [0.05, 0.1) is 0 Å². The molecule has 0 radical (unpaired) electrons. The second kappa shape index (κ2) is 5.19. The van der Waals surface area contributed by atoms with E-state index in [4.69, 9.17) is 4.74 Å². The van der Waals surface area contributed by atoms with Crippen molar-refractivity contribution in [1.82, 2.24) is 0 Å². The Balaban J connectivity index is 2.12. The summed E-state index contributed by atoms with van der Waals surface area (Å²) in [6.45, 7) is 2.52. The average Bonchev–Trinajstić information content (AvgIpc) is 2.78. The Morgan fingerprint density at radius 1 is 1.53 bits per heavy atom. The Morgan fingerprint density at radius 2 is 2.29 bits per heavy atom. The molecule has 3 nitrogen and oxygen atoms in total. The third-order valence-corrected chi connectivity index (χ3v) is 3.71. The summed E-state index contributed by atoms with van der Waals surface area (Å²) in [5.41, 5.74) is 1.26. The van der Waals surface area contributed by atoms with Crippen molar-refractivity contribution in [1.29, 1.82) is 0 Å². The number of halogens is 1. The van der Waals surface area contributed by atoms with Crippen molar-refractivity contribution < 1.29 is 9.53 Å². The first-order chi connectivity index (χ1) is 8.15. The van der Waals surface area contributed by atoms with Gasteiger partial charge in [0.25, 0.3) is 5.91 Å². The summed E-state index contributed by atoms with van der Waals surface area (Å²) in [7, 11) is 0. The molecule has 0 bridgehead atoms. The van der Waals surface area contributed by atoms with E-state index < -0.39 is 5.60 Å². The van der Waals surface area contributed by atoms with Gasteiger partial charge in [0.2, 0.25) is 0 Å². The third kappa shape index (κ3) is 2.69. The lowest BCUT2D eigenvalue weighted by molar-refractivity contribution is -0.133. The number of carbonyl (C=O) groups is 1. The Kier molecular flexibility index (Phi) is 3.84. The van der Waals surface area contributed by atoms with E-state index in [0.717, 1.165) is 29.4 Å². The van der Waals surface area contributed by atoms with E-state index in [9.17, 15) is 4.79 Å². The molecule has 92 valence electrons. The number of para-hydroxylation sites is 1. The maximum absolute atomic E-state index is 12.2. The monoisotopic (exact) mass is 297 g/mol. The summed E-state index contributed by atoms with van der Waals surface area (Å²) >= 11 is 3.41. The molecule has 17 heavy (non-hydrogen) atoms. The van der Waals surface area contributed by atoms with Gasteiger partial charge in [-0.1, -0.05) is 34.1 Å². The number of alkyl halides is 1. The van der Waals surface area contributed by atoms with Gasteiger partial charge in [0, 0.05) is 17.6 Å². The fourth-order valence-electron chi connectivity index (χ4n) is 1.97. The zero-order chi connectivity index (χ0) is 12.3. The number of amides is 1. The third-order valence-electron chi connectivity index (χ3n) is 3.11. The predicted molar refractivity (Wildman–Crippen MR) is 71.3 cm³/mol. The van der Waals surface area contributed by atoms with Gasteiger partial charge in [-0.2, -0.15) is 0 Å². The minimum atomic E-state index is -0.667. The molecular formula is C13H16BrNO2. The van der Waals surface area contributed by atoms with Crippen molar-refractivity contribution in [3.63, 3.8) is 0 Å². The van der Waals surface area contributed by atoms with Crippen LogP contribution in [0.3, 0.4) is 0 Å². The molecule has 1 heterocycles. The molecule has 0 spiro atoms. The molecule has 1 saturated heterocycles. The van der Waals surface area contributed by atoms with Crippen LogP contribution in [0.15, 0.2) is 24.3 Å².